The van der Waals surface area contributed by atoms with Crippen LogP contribution in [0.1, 0.15) is 58.6 Å². The molecule has 2 aromatic rings. The van der Waals surface area contributed by atoms with Crippen molar-refractivity contribution in [2.75, 3.05) is 6.79 Å². The van der Waals surface area contributed by atoms with E-state index >= 15 is 0 Å². The first-order chi connectivity index (χ1) is 13.1. The molecule has 0 aliphatic rings. The molecule has 0 atom stereocenters. The molecule has 0 aliphatic carbocycles. The zero-order valence-corrected chi connectivity index (χ0v) is 19.8. The summed E-state index contributed by atoms with van der Waals surface area (Å²) in [5.41, 5.74) is 3.24. The zero-order valence-electron chi connectivity index (χ0n) is 18.8. The summed E-state index contributed by atoms with van der Waals surface area (Å²) in [6.45, 7) is 20.0. The van der Waals surface area contributed by atoms with Crippen LogP contribution in [0, 0.1) is 0 Å². The maximum absolute atomic E-state index is 6.04. The van der Waals surface area contributed by atoms with Crippen molar-refractivity contribution in [1.82, 2.24) is 0 Å². The van der Waals surface area contributed by atoms with Gasteiger partial charge in [0, 0.05) is 0 Å². The molecular weight excluding hydrogens is 360 g/mol. The Balaban J connectivity index is 0.000000892. The molecule has 0 saturated heterocycles. The Morgan fingerprint density at radius 3 is 1.82 bits per heavy atom. The van der Waals surface area contributed by atoms with E-state index in [0.29, 0.717) is 6.79 Å². The van der Waals surface area contributed by atoms with Crippen LogP contribution >= 0.6 is 0 Å². The molecule has 0 heterocycles. The molecule has 28 heavy (non-hydrogen) atoms. The first-order valence-corrected chi connectivity index (χ1v) is 13.1. The highest BCUT2D eigenvalue weighted by Gasteiger charge is 2.37. The average Bonchev–Trinajstić information content (AvgIpc) is 2.68. The van der Waals surface area contributed by atoms with Gasteiger partial charge in [0.25, 0.3) is 0 Å². The van der Waals surface area contributed by atoms with Crippen molar-refractivity contribution in [3.05, 3.63) is 72.3 Å². The van der Waals surface area contributed by atoms with Crippen molar-refractivity contribution in [3.8, 4) is 5.75 Å². The minimum absolute atomic E-state index is 0.188. The molecule has 0 radical (unpaired) electrons. The predicted octanol–water partition coefficient (Wildman–Crippen LogP) is 7.91. The molecule has 0 N–H and O–H groups in total. The van der Waals surface area contributed by atoms with Crippen LogP contribution in [0.4, 0.5) is 0 Å². The van der Waals surface area contributed by atoms with E-state index < -0.39 is 8.32 Å². The number of hydrogen-bond donors (Lipinski definition) is 0. The second-order valence-corrected chi connectivity index (χ2v) is 13.3. The number of hydrogen-bond acceptors (Lipinski definition) is 2. The second kappa shape index (κ2) is 11.2. The SMILES string of the molecule is C=C(c1ccccc1)c1ccc(OCO[Si](C)(C)C(C)(C)C)cc1.CCCC. The van der Waals surface area contributed by atoms with Crippen molar-refractivity contribution in [2.24, 2.45) is 0 Å². The lowest BCUT2D eigenvalue weighted by molar-refractivity contribution is 0.106. The molecule has 0 amide bonds. The Morgan fingerprint density at radius 1 is 0.857 bits per heavy atom. The first kappa shape index (κ1) is 24.2. The van der Waals surface area contributed by atoms with Gasteiger partial charge < -0.3 is 9.16 Å². The van der Waals surface area contributed by atoms with Gasteiger partial charge in [-0.05, 0) is 47.0 Å². The van der Waals surface area contributed by atoms with Gasteiger partial charge in [-0.3, -0.25) is 0 Å². The lowest BCUT2D eigenvalue weighted by Crippen LogP contribution is -2.41. The van der Waals surface area contributed by atoms with Gasteiger partial charge >= 0.3 is 0 Å². The molecule has 0 aliphatic heterocycles. The fourth-order valence-electron chi connectivity index (χ4n) is 2.02. The van der Waals surface area contributed by atoms with E-state index in [2.05, 4.69) is 66.4 Å². The normalized spacial score (nSPS) is 11.4. The van der Waals surface area contributed by atoms with Crippen LogP contribution in [0.2, 0.25) is 18.1 Å². The smallest absolute Gasteiger partial charge is 0.196 e. The van der Waals surface area contributed by atoms with E-state index in [0.717, 1.165) is 22.4 Å². The molecule has 3 heteroatoms. The summed E-state index contributed by atoms with van der Waals surface area (Å²) in [7, 11) is -1.77. The number of ether oxygens (including phenoxy) is 1. The van der Waals surface area contributed by atoms with Crippen molar-refractivity contribution >= 4 is 13.9 Å². The molecular formula is C25H38O2Si. The van der Waals surface area contributed by atoms with Crippen LogP contribution in [-0.2, 0) is 4.43 Å². The zero-order chi connectivity index (χ0) is 21.2. The lowest BCUT2D eigenvalue weighted by atomic mass is 10.00. The van der Waals surface area contributed by atoms with Crippen molar-refractivity contribution in [1.29, 1.82) is 0 Å². The summed E-state index contributed by atoms with van der Waals surface area (Å²) < 4.78 is 11.8. The van der Waals surface area contributed by atoms with Crippen LogP contribution in [0.5, 0.6) is 5.75 Å². The third-order valence-corrected chi connectivity index (χ3v) is 9.73. The predicted molar refractivity (Wildman–Crippen MR) is 125 cm³/mol. The molecule has 154 valence electrons. The molecule has 0 bridgehead atoms. The molecule has 2 rings (SSSR count). The third kappa shape index (κ3) is 7.65. The maximum atomic E-state index is 6.04. The Labute approximate surface area is 173 Å². The van der Waals surface area contributed by atoms with E-state index in [-0.39, 0.29) is 5.04 Å². The van der Waals surface area contributed by atoms with Crippen molar-refractivity contribution in [3.63, 3.8) is 0 Å². The largest absolute Gasteiger partial charge is 0.469 e. The van der Waals surface area contributed by atoms with Crippen molar-refractivity contribution in [2.45, 2.75) is 65.6 Å². The van der Waals surface area contributed by atoms with Gasteiger partial charge in [-0.25, -0.2) is 0 Å². The summed E-state index contributed by atoms with van der Waals surface area (Å²) in [6, 6.07) is 18.2. The minimum Gasteiger partial charge on any atom is -0.469 e. The Morgan fingerprint density at radius 2 is 1.36 bits per heavy atom. The topological polar surface area (TPSA) is 18.5 Å². The molecule has 2 nitrogen and oxygen atoms in total. The van der Waals surface area contributed by atoms with Gasteiger partial charge in [-0.15, -0.1) is 0 Å². The Bertz CT molecular complexity index is 696. The monoisotopic (exact) mass is 398 g/mol. The molecule has 0 spiro atoms. The standard InChI is InChI=1S/C21H28O2Si.C4H10/c1-17(18-10-8-7-9-11-18)19-12-14-20(15-13-19)22-16-23-24(5,6)21(2,3)4;1-3-4-2/h7-15H,1,16H2,2-6H3;3-4H2,1-2H3. The summed E-state index contributed by atoms with van der Waals surface area (Å²) in [5, 5.41) is 0.188. The summed E-state index contributed by atoms with van der Waals surface area (Å²) >= 11 is 0. The summed E-state index contributed by atoms with van der Waals surface area (Å²) in [6.07, 6.45) is 2.64. The van der Waals surface area contributed by atoms with E-state index in [4.69, 9.17) is 9.16 Å². The van der Waals surface area contributed by atoms with E-state index in [1.54, 1.807) is 0 Å². The average molecular weight is 399 g/mol. The molecule has 0 saturated carbocycles. The van der Waals surface area contributed by atoms with Crippen LogP contribution in [0.25, 0.3) is 5.57 Å². The molecule has 0 aromatic heterocycles. The van der Waals surface area contributed by atoms with E-state index in [1.807, 2.05) is 42.5 Å². The quantitative estimate of drug-likeness (QED) is 0.348. The Kier molecular flexibility index (Phi) is 9.70. The molecule has 0 fully saturated rings. The van der Waals surface area contributed by atoms with Crippen LogP contribution in [0.3, 0.4) is 0 Å². The lowest BCUT2D eigenvalue weighted by Gasteiger charge is -2.35. The molecule has 2 aromatic carbocycles. The number of rotatable bonds is 7. The molecule has 0 unspecified atom stereocenters. The third-order valence-electron chi connectivity index (χ3n) is 5.28. The van der Waals surface area contributed by atoms with Gasteiger partial charge in [0.1, 0.15) is 5.75 Å². The fourth-order valence-corrected chi connectivity index (χ4v) is 2.81. The summed E-state index contributed by atoms with van der Waals surface area (Å²) in [5.74, 6) is 0.818. The van der Waals surface area contributed by atoms with Crippen molar-refractivity contribution < 1.29 is 9.16 Å². The highest BCUT2D eigenvalue weighted by Crippen LogP contribution is 2.36. The Hall–Kier alpha value is -1.84. The maximum Gasteiger partial charge on any atom is 0.196 e. The van der Waals surface area contributed by atoms with Gasteiger partial charge in [0.2, 0.25) is 0 Å². The van der Waals surface area contributed by atoms with Crippen LogP contribution < -0.4 is 4.74 Å². The van der Waals surface area contributed by atoms with Crippen LogP contribution in [0.15, 0.2) is 61.2 Å². The number of benzene rings is 2. The second-order valence-electron chi connectivity index (χ2n) is 8.54. The van der Waals surface area contributed by atoms with E-state index in [1.165, 1.54) is 12.8 Å². The van der Waals surface area contributed by atoms with E-state index in [9.17, 15) is 0 Å². The first-order valence-electron chi connectivity index (χ1n) is 10.2. The number of unbranched alkanes of at least 4 members (excludes halogenated alkanes) is 1. The highest BCUT2D eigenvalue weighted by atomic mass is 28.4. The minimum atomic E-state index is -1.77. The fraction of sp³-hybridized carbons (Fsp3) is 0.440. The van der Waals surface area contributed by atoms with Crippen LogP contribution in [-0.4, -0.2) is 15.1 Å². The summed E-state index contributed by atoms with van der Waals surface area (Å²) in [4.78, 5) is 0. The van der Waals surface area contributed by atoms with Gasteiger partial charge in [0.05, 0.1) is 0 Å². The van der Waals surface area contributed by atoms with Gasteiger partial charge in [-0.2, -0.15) is 0 Å². The van der Waals surface area contributed by atoms with Gasteiger partial charge in [0.15, 0.2) is 15.1 Å². The van der Waals surface area contributed by atoms with Gasteiger partial charge in [-0.1, -0.05) is 96.5 Å². The highest BCUT2D eigenvalue weighted by molar-refractivity contribution is 6.74.